The quantitative estimate of drug-likeness (QED) is 0.169. The van der Waals surface area contributed by atoms with Gasteiger partial charge in [-0.1, -0.05) is 59.7 Å². The molecule has 0 aromatic heterocycles. The predicted molar refractivity (Wildman–Crippen MR) is 143 cm³/mol. The molecule has 0 saturated carbocycles. The minimum Gasteiger partial charge on any atom is -0.496 e. The topological polar surface area (TPSA) is 24.5 Å². The van der Waals surface area contributed by atoms with Gasteiger partial charge in [-0.3, -0.25) is 0 Å². The maximum atomic E-state index is 5.63. The molecular weight excluding hydrogens is 432 g/mol. The van der Waals surface area contributed by atoms with Gasteiger partial charge >= 0.3 is 6.67 Å². The maximum Gasteiger partial charge on any atom is 0.344 e. The van der Waals surface area contributed by atoms with E-state index in [0.29, 0.717) is 6.67 Å². The highest BCUT2D eigenvalue weighted by Crippen LogP contribution is 2.22. The van der Waals surface area contributed by atoms with Gasteiger partial charge in [0.25, 0.3) is 0 Å². The molecule has 0 saturated heterocycles. The zero-order valence-electron chi connectivity index (χ0n) is 20.8. The number of ether oxygens (including phenoxy) is 2. The fourth-order valence-electron chi connectivity index (χ4n) is 3.91. The van der Waals surface area contributed by atoms with E-state index in [1.807, 2.05) is 36.4 Å². The summed E-state index contributed by atoms with van der Waals surface area (Å²) >= 11 is 0. The molecule has 0 amide bonds. The predicted octanol–water partition coefficient (Wildman–Crippen LogP) is 6.50. The van der Waals surface area contributed by atoms with Crippen LogP contribution in [0.3, 0.4) is 0 Å². The second-order valence-electron chi connectivity index (χ2n) is 8.49. The average molecular weight is 465 g/mol. The molecule has 4 aromatic carbocycles. The van der Waals surface area contributed by atoms with Gasteiger partial charge in [0.15, 0.2) is 12.4 Å². The van der Waals surface area contributed by atoms with Crippen molar-refractivity contribution in [2.45, 2.75) is 13.8 Å². The summed E-state index contributed by atoms with van der Waals surface area (Å²) in [5.74, 6) is 1.67. The molecule has 0 bridgehead atoms. The van der Waals surface area contributed by atoms with E-state index in [4.69, 9.17) is 9.47 Å². The molecule has 4 rings (SSSR count). The molecular formula is C31H32N2O2+2. The van der Waals surface area contributed by atoms with E-state index < -0.39 is 0 Å². The number of benzene rings is 4. The van der Waals surface area contributed by atoms with E-state index in [0.717, 1.165) is 34.0 Å². The van der Waals surface area contributed by atoms with E-state index >= 15 is 0 Å². The normalized spacial score (nSPS) is 11.9. The van der Waals surface area contributed by atoms with Crippen molar-refractivity contribution in [2.24, 2.45) is 0 Å². The zero-order valence-corrected chi connectivity index (χ0v) is 20.8. The molecule has 0 aliphatic carbocycles. The number of hydrogen-bond acceptors (Lipinski definition) is 2. The standard InChI is InChI=1S/C31H32N2O2/c1-24-13-17-28(18-14-24)32(21-26-9-5-7-11-30(26)34-3)23-33(29-19-15-25(2)16-20-29)22-27-10-6-8-12-31(27)35-4/h5-22H,23H2,1-4H3/q+2/b32-21+,33-22+. The highest BCUT2D eigenvalue weighted by Gasteiger charge is 2.21. The van der Waals surface area contributed by atoms with Gasteiger partial charge in [0.05, 0.1) is 25.3 Å². The Morgan fingerprint density at radius 3 is 1.29 bits per heavy atom. The average Bonchev–Trinajstić information content (AvgIpc) is 2.89. The van der Waals surface area contributed by atoms with Crippen LogP contribution in [0.1, 0.15) is 22.3 Å². The third kappa shape index (κ3) is 6.04. The molecule has 4 aromatic rings. The van der Waals surface area contributed by atoms with Crippen molar-refractivity contribution in [2.75, 3.05) is 20.9 Å². The lowest BCUT2D eigenvalue weighted by Gasteiger charge is -2.08. The van der Waals surface area contributed by atoms with Crippen molar-refractivity contribution in [1.29, 1.82) is 0 Å². The fourth-order valence-corrected chi connectivity index (χ4v) is 3.91. The van der Waals surface area contributed by atoms with Gasteiger partial charge in [-0.2, -0.15) is 0 Å². The van der Waals surface area contributed by atoms with E-state index in [-0.39, 0.29) is 0 Å². The van der Waals surface area contributed by atoms with Crippen LogP contribution in [0, 0.1) is 13.8 Å². The molecule has 176 valence electrons. The highest BCUT2D eigenvalue weighted by molar-refractivity contribution is 5.81. The molecule has 0 aliphatic rings. The van der Waals surface area contributed by atoms with Crippen LogP contribution in [-0.2, 0) is 0 Å². The van der Waals surface area contributed by atoms with Gasteiger partial charge in [0, 0.05) is 24.3 Å². The van der Waals surface area contributed by atoms with E-state index in [9.17, 15) is 0 Å². The van der Waals surface area contributed by atoms with E-state index in [2.05, 4.69) is 96.1 Å². The Kier molecular flexibility index (Phi) is 7.74. The van der Waals surface area contributed by atoms with Crippen LogP contribution in [0.25, 0.3) is 0 Å². The number of methoxy groups -OCH3 is 2. The van der Waals surface area contributed by atoms with Crippen molar-refractivity contribution in [3.05, 3.63) is 119 Å². The Bertz CT molecular complexity index is 1230. The molecule has 4 heteroatoms. The molecule has 0 atom stereocenters. The van der Waals surface area contributed by atoms with E-state index in [1.54, 1.807) is 14.2 Å². The molecule has 4 nitrogen and oxygen atoms in total. The molecule has 0 radical (unpaired) electrons. The lowest BCUT2D eigenvalue weighted by molar-refractivity contribution is -0.648. The van der Waals surface area contributed by atoms with Gasteiger partial charge in [0.2, 0.25) is 11.4 Å². The molecule has 0 aliphatic heterocycles. The smallest absolute Gasteiger partial charge is 0.344 e. The molecule has 0 spiro atoms. The van der Waals surface area contributed by atoms with Crippen LogP contribution in [0.2, 0.25) is 0 Å². The Morgan fingerprint density at radius 2 is 0.914 bits per heavy atom. The van der Waals surface area contributed by atoms with Crippen molar-refractivity contribution >= 4 is 23.8 Å². The molecule has 0 unspecified atom stereocenters. The second-order valence-corrected chi connectivity index (χ2v) is 8.49. The summed E-state index contributed by atoms with van der Waals surface area (Å²) in [5, 5.41) is 0. The second kappa shape index (κ2) is 11.3. The minimum absolute atomic E-state index is 0.586. The first kappa shape index (κ1) is 24.0. The summed E-state index contributed by atoms with van der Waals surface area (Å²) in [6.45, 7) is 4.79. The maximum absolute atomic E-state index is 5.63. The summed E-state index contributed by atoms with van der Waals surface area (Å²) in [5.41, 5.74) is 6.65. The fraction of sp³-hybridized carbons (Fsp3) is 0.161. The monoisotopic (exact) mass is 464 g/mol. The van der Waals surface area contributed by atoms with Crippen LogP contribution in [0.4, 0.5) is 11.4 Å². The van der Waals surface area contributed by atoms with Gasteiger partial charge in [-0.05, 0) is 38.1 Å². The number of nitrogens with zero attached hydrogens (tertiary/aromatic N) is 2. The third-order valence-corrected chi connectivity index (χ3v) is 5.90. The van der Waals surface area contributed by atoms with Crippen molar-refractivity contribution in [3.8, 4) is 11.5 Å². The van der Waals surface area contributed by atoms with Crippen LogP contribution in [0.5, 0.6) is 11.5 Å². The summed E-state index contributed by atoms with van der Waals surface area (Å²) in [4.78, 5) is 0. The summed E-state index contributed by atoms with van der Waals surface area (Å²) < 4.78 is 15.7. The first-order chi connectivity index (χ1) is 17.1. The van der Waals surface area contributed by atoms with Crippen molar-refractivity contribution in [1.82, 2.24) is 0 Å². The van der Waals surface area contributed by atoms with Crippen LogP contribution >= 0.6 is 0 Å². The lowest BCUT2D eigenvalue weighted by Crippen LogP contribution is -2.21. The molecule has 35 heavy (non-hydrogen) atoms. The summed E-state index contributed by atoms with van der Waals surface area (Å²) in [6.07, 6.45) is 4.28. The number of para-hydroxylation sites is 2. The summed E-state index contributed by atoms with van der Waals surface area (Å²) in [7, 11) is 3.41. The zero-order chi connectivity index (χ0) is 24.6. The molecule has 0 N–H and O–H groups in total. The molecule has 0 fully saturated rings. The van der Waals surface area contributed by atoms with Crippen molar-refractivity contribution < 1.29 is 18.6 Å². The Morgan fingerprint density at radius 1 is 0.543 bits per heavy atom. The first-order valence-electron chi connectivity index (χ1n) is 11.7. The Hall–Kier alpha value is -4.18. The summed E-state index contributed by atoms with van der Waals surface area (Å²) in [6, 6.07) is 33.3. The van der Waals surface area contributed by atoms with Crippen LogP contribution in [0.15, 0.2) is 97.1 Å². The Balaban J connectivity index is 1.87. The third-order valence-electron chi connectivity index (χ3n) is 5.90. The van der Waals surface area contributed by atoms with Crippen molar-refractivity contribution in [3.63, 3.8) is 0 Å². The number of rotatable bonds is 8. The van der Waals surface area contributed by atoms with Gasteiger partial charge in [-0.25, -0.2) is 0 Å². The molecule has 0 heterocycles. The van der Waals surface area contributed by atoms with E-state index in [1.165, 1.54) is 11.1 Å². The lowest BCUT2D eigenvalue weighted by atomic mass is 10.2. The largest absolute Gasteiger partial charge is 0.496 e. The number of hydrogen-bond donors (Lipinski definition) is 0. The van der Waals surface area contributed by atoms with Gasteiger partial charge in [0.1, 0.15) is 11.5 Å². The van der Waals surface area contributed by atoms with Crippen LogP contribution in [-0.4, -0.2) is 42.5 Å². The van der Waals surface area contributed by atoms with Crippen LogP contribution < -0.4 is 9.47 Å². The minimum atomic E-state index is 0.586. The highest BCUT2D eigenvalue weighted by atomic mass is 16.5. The first-order valence-corrected chi connectivity index (χ1v) is 11.7. The van der Waals surface area contributed by atoms with Gasteiger partial charge < -0.3 is 9.47 Å². The SMILES string of the molecule is COc1ccccc1/C=[N+](\C/[N+](=C\c1ccccc1OC)c1ccc(C)cc1)c1ccc(C)cc1. The number of aryl methyl sites for hydroxylation is 2. The Labute approximate surface area is 208 Å². The van der Waals surface area contributed by atoms with Gasteiger partial charge in [-0.15, -0.1) is 9.15 Å².